The lowest BCUT2D eigenvalue weighted by molar-refractivity contribution is -0.131. The Bertz CT molecular complexity index is 781. The molecule has 2 heterocycles. The molecule has 9 heteroatoms. The molecule has 3 atom stereocenters. The molecule has 3 N–H and O–H groups in total. The van der Waals surface area contributed by atoms with E-state index in [0.717, 1.165) is 13.1 Å². The fourth-order valence-electron chi connectivity index (χ4n) is 3.58. The van der Waals surface area contributed by atoms with Crippen LogP contribution in [0.3, 0.4) is 0 Å². The zero-order valence-electron chi connectivity index (χ0n) is 14.9. The van der Waals surface area contributed by atoms with Crippen molar-refractivity contribution in [2.24, 2.45) is 11.8 Å². The molecule has 0 aromatic heterocycles. The SMILES string of the molecule is CC(=O)Nc1ccc(S(=O)(=O)NC(C)C(=O)N2C[C@H]3CNC[C@H]3C2)cc1. The summed E-state index contributed by atoms with van der Waals surface area (Å²) in [4.78, 5) is 25.4. The van der Waals surface area contributed by atoms with Gasteiger partial charge in [0.25, 0.3) is 0 Å². The van der Waals surface area contributed by atoms with Gasteiger partial charge in [0.2, 0.25) is 21.8 Å². The standard InChI is InChI=1S/C17H24N4O4S/c1-11(17(23)21-9-13-7-18-8-14(13)10-21)20-26(24,25)16-5-3-15(4-6-16)19-12(2)22/h3-6,11,13-14,18,20H,7-10H2,1-2H3,(H,19,22)/t11?,13-,14+. The predicted octanol–water partition coefficient (Wildman–Crippen LogP) is -0.0104. The normalized spacial score (nSPS) is 23.5. The highest BCUT2D eigenvalue weighted by Crippen LogP contribution is 2.26. The third-order valence-electron chi connectivity index (χ3n) is 4.89. The zero-order valence-corrected chi connectivity index (χ0v) is 15.7. The van der Waals surface area contributed by atoms with Gasteiger partial charge in [0.1, 0.15) is 0 Å². The maximum absolute atomic E-state index is 12.6. The Hall–Kier alpha value is -1.97. The summed E-state index contributed by atoms with van der Waals surface area (Å²) in [7, 11) is -3.82. The van der Waals surface area contributed by atoms with E-state index in [1.165, 1.54) is 31.2 Å². The lowest BCUT2D eigenvalue weighted by Crippen LogP contribution is -2.46. The average molecular weight is 380 g/mol. The quantitative estimate of drug-likeness (QED) is 0.666. The molecule has 2 aliphatic rings. The first-order valence-electron chi connectivity index (χ1n) is 8.66. The van der Waals surface area contributed by atoms with Gasteiger partial charge >= 0.3 is 0 Å². The van der Waals surface area contributed by atoms with Gasteiger partial charge in [0.15, 0.2) is 0 Å². The summed E-state index contributed by atoms with van der Waals surface area (Å²) in [5.41, 5.74) is 0.512. The lowest BCUT2D eigenvalue weighted by atomic mass is 10.0. The van der Waals surface area contributed by atoms with Gasteiger partial charge in [-0.2, -0.15) is 4.72 Å². The molecule has 2 amide bonds. The van der Waals surface area contributed by atoms with E-state index in [4.69, 9.17) is 0 Å². The molecule has 3 rings (SSSR count). The number of nitrogens with zero attached hydrogens (tertiary/aromatic N) is 1. The van der Waals surface area contributed by atoms with E-state index in [1.54, 1.807) is 11.8 Å². The Morgan fingerprint density at radius 3 is 2.27 bits per heavy atom. The van der Waals surface area contributed by atoms with Crippen LogP contribution in [0.5, 0.6) is 0 Å². The number of rotatable bonds is 5. The number of fused-ring (bicyclic) bond motifs is 1. The van der Waals surface area contributed by atoms with Crippen LogP contribution < -0.4 is 15.4 Å². The number of anilines is 1. The molecule has 1 aromatic rings. The Morgan fingerprint density at radius 2 is 1.73 bits per heavy atom. The molecule has 0 spiro atoms. The topological polar surface area (TPSA) is 108 Å². The van der Waals surface area contributed by atoms with Gasteiger partial charge in [-0.1, -0.05) is 0 Å². The van der Waals surface area contributed by atoms with Crippen LogP contribution >= 0.6 is 0 Å². The van der Waals surface area contributed by atoms with Crippen molar-refractivity contribution in [3.63, 3.8) is 0 Å². The molecule has 2 aliphatic heterocycles. The summed E-state index contributed by atoms with van der Waals surface area (Å²) in [6.45, 7) is 6.12. The van der Waals surface area contributed by atoms with Gasteiger partial charge in [-0.05, 0) is 43.0 Å². The molecular weight excluding hydrogens is 356 g/mol. The molecular formula is C17H24N4O4S. The number of carbonyl (C=O) groups is 2. The molecule has 2 saturated heterocycles. The van der Waals surface area contributed by atoms with Gasteiger partial charge in [-0.3, -0.25) is 9.59 Å². The number of amides is 2. The molecule has 8 nitrogen and oxygen atoms in total. The largest absolute Gasteiger partial charge is 0.341 e. The summed E-state index contributed by atoms with van der Waals surface area (Å²) in [5, 5.41) is 5.89. The number of benzene rings is 1. The summed E-state index contributed by atoms with van der Waals surface area (Å²) >= 11 is 0. The van der Waals surface area contributed by atoms with E-state index >= 15 is 0 Å². The van der Waals surface area contributed by atoms with Gasteiger partial charge in [-0.25, -0.2) is 8.42 Å². The van der Waals surface area contributed by atoms with Crippen LogP contribution in [0, 0.1) is 11.8 Å². The Balaban J connectivity index is 1.63. The van der Waals surface area contributed by atoms with Gasteiger partial charge in [-0.15, -0.1) is 0 Å². The van der Waals surface area contributed by atoms with E-state index in [9.17, 15) is 18.0 Å². The van der Waals surface area contributed by atoms with Gasteiger partial charge in [0.05, 0.1) is 10.9 Å². The zero-order chi connectivity index (χ0) is 18.9. The van der Waals surface area contributed by atoms with Crippen LogP contribution in [-0.4, -0.2) is 57.4 Å². The Kier molecular flexibility index (Phi) is 5.31. The minimum absolute atomic E-state index is 0.0498. The number of hydrogen-bond acceptors (Lipinski definition) is 5. The first-order chi connectivity index (χ1) is 12.3. The molecule has 0 bridgehead atoms. The fourth-order valence-corrected chi connectivity index (χ4v) is 4.78. The highest BCUT2D eigenvalue weighted by molar-refractivity contribution is 7.89. The van der Waals surface area contributed by atoms with Crippen LogP contribution in [0.15, 0.2) is 29.2 Å². The van der Waals surface area contributed by atoms with E-state index in [0.29, 0.717) is 30.6 Å². The second kappa shape index (κ2) is 7.34. The second-order valence-corrected chi connectivity index (χ2v) is 8.68. The van der Waals surface area contributed by atoms with Crippen molar-refractivity contribution in [1.29, 1.82) is 0 Å². The number of sulfonamides is 1. The molecule has 2 fully saturated rings. The van der Waals surface area contributed by atoms with Crippen molar-refractivity contribution < 1.29 is 18.0 Å². The van der Waals surface area contributed by atoms with E-state index < -0.39 is 16.1 Å². The molecule has 0 radical (unpaired) electrons. The van der Waals surface area contributed by atoms with Crippen LogP contribution in [0.2, 0.25) is 0 Å². The van der Waals surface area contributed by atoms with Gasteiger partial charge < -0.3 is 15.5 Å². The average Bonchev–Trinajstić information content (AvgIpc) is 3.15. The van der Waals surface area contributed by atoms with Crippen LogP contribution in [-0.2, 0) is 19.6 Å². The van der Waals surface area contributed by atoms with Crippen molar-refractivity contribution in [2.75, 3.05) is 31.5 Å². The Morgan fingerprint density at radius 1 is 1.15 bits per heavy atom. The second-order valence-electron chi connectivity index (χ2n) is 6.97. The van der Waals surface area contributed by atoms with Crippen LogP contribution in [0.1, 0.15) is 13.8 Å². The number of likely N-dealkylation sites (tertiary alicyclic amines) is 1. The predicted molar refractivity (Wildman–Crippen MR) is 97.0 cm³/mol. The number of nitrogens with one attached hydrogen (secondary N) is 3. The smallest absolute Gasteiger partial charge is 0.241 e. The third-order valence-corrected chi connectivity index (χ3v) is 6.45. The van der Waals surface area contributed by atoms with Crippen molar-refractivity contribution in [2.45, 2.75) is 24.8 Å². The highest BCUT2D eigenvalue weighted by Gasteiger charge is 2.39. The summed E-state index contributed by atoms with van der Waals surface area (Å²) in [6.07, 6.45) is 0. The monoisotopic (exact) mass is 380 g/mol. The molecule has 0 aliphatic carbocycles. The third kappa shape index (κ3) is 4.05. The molecule has 142 valence electrons. The summed E-state index contributed by atoms with van der Waals surface area (Å²) in [6, 6.07) is 4.99. The minimum Gasteiger partial charge on any atom is -0.341 e. The van der Waals surface area contributed by atoms with E-state index in [2.05, 4.69) is 15.4 Å². The maximum atomic E-state index is 12.6. The lowest BCUT2D eigenvalue weighted by Gasteiger charge is -2.22. The Labute approximate surface area is 153 Å². The molecule has 1 aromatic carbocycles. The van der Waals surface area contributed by atoms with E-state index in [-0.39, 0.29) is 16.7 Å². The fraction of sp³-hybridized carbons (Fsp3) is 0.529. The highest BCUT2D eigenvalue weighted by atomic mass is 32.2. The van der Waals surface area contributed by atoms with Crippen LogP contribution in [0.25, 0.3) is 0 Å². The minimum atomic E-state index is -3.82. The van der Waals surface area contributed by atoms with Crippen molar-refractivity contribution in [1.82, 2.24) is 14.9 Å². The van der Waals surface area contributed by atoms with E-state index in [1.807, 2.05) is 0 Å². The molecule has 0 saturated carbocycles. The maximum Gasteiger partial charge on any atom is 0.241 e. The first kappa shape index (κ1) is 18.8. The first-order valence-corrected chi connectivity index (χ1v) is 10.1. The molecule has 1 unspecified atom stereocenters. The van der Waals surface area contributed by atoms with Gasteiger partial charge in [0, 0.05) is 38.8 Å². The number of carbonyl (C=O) groups excluding carboxylic acids is 2. The summed E-state index contributed by atoms with van der Waals surface area (Å²) < 4.78 is 27.5. The summed E-state index contributed by atoms with van der Waals surface area (Å²) in [5.74, 6) is 0.495. The van der Waals surface area contributed by atoms with Crippen molar-refractivity contribution in [3.05, 3.63) is 24.3 Å². The molecule has 26 heavy (non-hydrogen) atoms. The van der Waals surface area contributed by atoms with Crippen molar-refractivity contribution in [3.8, 4) is 0 Å². The van der Waals surface area contributed by atoms with Crippen LogP contribution in [0.4, 0.5) is 5.69 Å². The van der Waals surface area contributed by atoms with Crippen molar-refractivity contribution >= 4 is 27.5 Å². The number of hydrogen-bond donors (Lipinski definition) is 3.